The Morgan fingerprint density at radius 2 is 2.17 bits per heavy atom. The summed E-state index contributed by atoms with van der Waals surface area (Å²) in [7, 11) is 0. The van der Waals surface area contributed by atoms with Crippen LogP contribution in [0, 0.1) is 0 Å². The molecule has 6 heteroatoms. The van der Waals surface area contributed by atoms with Crippen LogP contribution >= 0.6 is 0 Å². The van der Waals surface area contributed by atoms with Gasteiger partial charge in [0.05, 0.1) is 25.9 Å². The molecule has 0 bridgehead atoms. The predicted molar refractivity (Wildman–Crippen MR) is 86.8 cm³/mol. The number of benzene rings is 1. The maximum Gasteiger partial charge on any atom is 0.238 e. The molecule has 0 aliphatic carbocycles. The van der Waals surface area contributed by atoms with E-state index in [4.69, 9.17) is 14.2 Å². The van der Waals surface area contributed by atoms with Crippen LogP contribution in [0.3, 0.4) is 0 Å². The number of carbonyl (C=O) groups excluding carboxylic acids is 1. The second-order valence-electron chi connectivity index (χ2n) is 5.91. The van der Waals surface area contributed by atoms with Crippen LogP contribution in [0.1, 0.15) is 12.8 Å². The van der Waals surface area contributed by atoms with E-state index in [2.05, 4.69) is 10.2 Å². The van der Waals surface area contributed by atoms with Crippen molar-refractivity contribution in [2.45, 2.75) is 18.9 Å². The van der Waals surface area contributed by atoms with Crippen molar-refractivity contribution in [1.29, 1.82) is 0 Å². The maximum absolute atomic E-state index is 12.1. The van der Waals surface area contributed by atoms with E-state index < -0.39 is 0 Å². The van der Waals surface area contributed by atoms with Crippen LogP contribution in [0.15, 0.2) is 24.3 Å². The number of rotatable bonds is 6. The van der Waals surface area contributed by atoms with Gasteiger partial charge in [0.15, 0.2) is 0 Å². The zero-order chi connectivity index (χ0) is 15.9. The van der Waals surface area contributed by atoms with Crippen LogP contribution in [0.25, 0.3) is 0 Å². The summed E-state index contributed by atoms with van der Waals surface area (Å²) in [4.78, 5) is 14.2. The average molecular weight is 320 g/mol. The van der Waals surface area contributed by atoms with Gasteiger partial charge in [0, 0.05) is 31.5 Å². The second kappa shape index (κ2) is 8.29. The van der Waals surface area contributed by atoms with Gasteiger partial charge in [-0.25, -0.2) is 0 Å². The topological polar surface area (TPSA) is 60.0 Å². The Balaban J connectivity index is 1.47. The lowest BCUT2D eigenvalue weighted by molar-refractivity contribution is -0.118. The SMILES string of the molecule is O=C(CN1CCOCC1)Nc1cccc(OCC2CCCO2)c1. The molecular weight excluding hydrogens is 296 g/mol. The first-order chi connectivity index (χ1) is 11.3. The Morgan fingerprint density at radius 1 is 1.30 bits per heavy atom. The van der Waals surface area contributed by atoms with Crippen LogP contribution < -0.4 is 10.1 Å². The molecule has 1 unspecified atom stereocenters. The number of hydrogen-bond donors (Lipinski definition) is 1. The van der Waals surface area contributed by atoms with E-state index in [1.807, 2.05) is 24.3 Å². The van der Waals surface area contributed by atoms with Crippen molar-refractivity contribution >= 4 is 11.6 Å². The predicted octanol–water partition coefficient (Wildman–Crippen LogP) is 1.52. The zero-order valence-corrected chi connectivity index (χ0v) is 13.3. The van der Waals surface area contributed by atoms with Gasteiger partial charge in [0.2, 0.25) is 5.91 Å². The van der Waals surface area contributed by atoms with Gasteiger partial charge < -0.3 is 19.5 Å². The van der Waals surface area contributed by atoms with E-state index in [1.54, 1.807) is 0 Å². The first kappa shape index (κ1) is 16.2. The quantitative estimate of drug-likeness (QED) is 0.861. The summed E-state index contributed by atoms with van der Waals surface area (Å²) >= 11 is 0. The van der Waals surface area contributed by atoms with Crippen LogP contribution in [-0.4, -0.2) is 63.0 Å². The highest BCUT2D eigenvalue weighted by Gasteiger charge is 2.16. The van der Waals surface area contributed by atoms with E-state index in [1.165, 1.54) is 0 Å². The lowest BCUT2D eigenvalue weighted by atomic mass is 10.2. The fourth-order valence-corrected chi connectivity index (χ4v) is 2.79. The highest BCUT2D eigenvalue weighted by Crippen LogP contribution is 2.19. The minimum absolute atomic E-state index is 0.0109. The summed E-state index contributed by atoms with van der Waals surface area (Å²) in [5, 5.41) is 2.92. The molecule has 1 N–H and O–H groups in total. The molecule has 1 aromatic carbocycles. The molecule has 2 fully saturated rings. The Morgan fingerprint density at radius 3 is 2.96 bits per heavy atom. The summed E-state index contributed by atoms with van der Waals surface area (Å²) in [6.07, 6.45) is 2.34. The number of morpholine rings is 1. The first-order valence-corrected chi connectivity index (χ1v) is 8.24. The summed E-state index contributed by atoms with van der Waals surface area (Å²) in [5.74, 6) is 0.743. The Kier molecular flexibility index (Phi) is 5.85. The number of amides is 1. The highest BCUT2D eigenvalue weighted by molar-refractivity contribution is 5.92. The first-order valence-electron chi connectivity index (χ1n) is 8.24. The minimum Gasteiger partial charge on any atom is -0.491 e. The lowest BCUT2D eigenvalue weighted by Crippen LogP contribution is -2.41. The van der Waals surface area contributed by atoms with Crippen molar-refractivity contribution in [2.75, 3.05) is 51.4 Å². The number of nitrogens with one attached hydrogen (secondary N) is 1. The molecule has 3 rings (SSSR count). The summed E-state index contributed by atoms with van der Waals surface area (Å²) in [6, 6.07) is 7.50. The average Bonchev–Trinajstić information content (AvgIpc) is 3.07. The third-order valence-corrected chi connectivity index (χ3v) is 4.05. The number of carbonyl (C=O) groups is 1. The highest BCUT2D eigenvalue weighted by atomic mass is 16.5. The largest absolute Gasteiger partial charge is 0.491 e. The molecule has 126 valence electrons. The van der Waals surface area contributed by atoms with Crippen molar-refractivity contribution in [1.82, 2.24) is 4.90 Å². The molecule has 2 aliphatic heterocycles. The van der Waals surface area contributed by atoms with E-state index in [0.717, 1.165) is 44.0 Å². The normalized spacial score (nSPS) is 22.0. The molecule has 0 aromatic heterocycles. The van der Waals surface area contributed by atoms with Crippen LogP contribution in [0.5, 0.6) is 5.75 Å². The number of hydrogen-bond acceptors (Lipinski definition) is 5. The Bertz CT molecular complexity index is 511. The van der Waals surface area contributed by atoms with Crippen molar-refractivity contribution < 1.29 is 19.0 Å². The molecule has 0 saturated carbocycles. The molecule has 6 nitrogen and oxygen atoms in total. The van der Waals surface area contributed by atoms with Gasteiger partial charge in [-0.2, -0.15) is 0 Å². The fraction of sp³-hybridized carbons (Fsp3) is 0.588. The number of nitrogens with zero attached hydrogens (tertiary/aromatic N) is 1. The van der Waals surface area contributed by atoms with Crippen molar-refractivity contribution in [3.05, 3.63) is 24.3 Å². The van der Waals surface area contributed by atoms with Crippen molar-refractivity contribution in [2.24, 2.45) is 0 Å². The zero-order valence-electron chi connectivity index (χ0n) is 13.3. The standard InChI is InChI=1S/C17H24N2O4/c20-17(12-19-6-9-21-10-7-19)18-14-3-1-4-15(11-14)23-13-16-5-2-8-22-16/h1,3-4,11,16H,2,5-10,12-13H2,(H,18,20). The number of ether oxygens (including phenoxy) is 3. The van der Waals surface area contributed by atoms with Gasteiger partial charge in [-0.1, -0.05) is 6.07 Å². The third-order valence-electron chi connectivity index (χ3n) is 4.05. The Labute approximate surface area is 136 Å². The molecular formula is C17H24N2O4. The van der Waals surface area contributed by atoms with Gasteiger partial charge in [0.1, 0.15) is 12.4 Å². The van der Waals surface area contributed by atoms with Gasteiger partial charge in [-0.05, 0) is 25.0 Å². The molecule has 2 saturated heterocycles. The summed E-state index contributed by atoms with van der Waals surface area (Å²) in [6.45, 7) is 4.77. The number of anilines is 1. The maximum atomic E-state index is 12.1. The fourth-order valence-electron chi connectivity index (χ4n) is 2.79. The lowest BCUT2D eigenvalue weighted by Gasteiger charge is -2.25. The van der Waals surface area contributed by atoms with Gasteiger partial charge >= 0.3 is 0 Å². The molecule has 23 heavy (non-hydrogen) atoms. The molecule has 1 amide bonds. The smallest absolute Gasteiger partial charge is 0.238 e. The van der Waals surface area contributed by atoms with E-state index >= 15 is 0 Å². The van der Waals surface area contributed by atoms with Crippen molar-refractivity contribution in [3.63, 3.8) is 0 Å². The monoisotopic (exact) mass is 320 g/mol. The third kappa shape index (κ3) is 5.20. The van der Waals surface area contributed by atoms with Crippen molar-refractivity contribution in [3.8, 4) is 5.75 Å². The van der Waals surface area contributed by atoms with E-state index in [0.29, 0.717) is 26.4 Å². The molecule has 0 spiro atoms. The van der Waals surface area contributed by atoms with E-state index in [-0.39, 0.29) is 12.0 Å². The molecule has 2 heterocycles. The molecule has 0 radical (unpaired) electrons. The second-order valence-corrected chi connectivity index (χ2v) is 5.91. The molecule has 2 aliphatic rings. The molecule has 1 aromatic rings. The summed E-state index contributed by atoms with van der Waals surface area (Å²) < 4.78 is 16.6. The summed E-state index contributed by atoms with van der Waals surface area (Å²) in [5.41, 5.74) is 0.757. The van der Waals surface area contributed by atoms with Crippen LogP contribution in [0.4, 0.5) is 5.69 Å². The van der Waals surface area contributed by atoms with Gasteiger partial charge in [-0.3, -0.25) is 9.69 Å². The van der Waals surface area contributed by atoms with Gasteiger partial charge in [0.25, 0.3) is 0 Å². The Hall–Kier alpha value is -1.63. The van der Waals surface area contributed by atoms with E-state index in [9.17, 15) is 4.79 Å². The van der Waals surface area contributed by atoms with Crippen LogP contribution in [0.2, 0.25) is 0 Å². The minimum atomic E-state index is -0.0109. The van der Waals surface area contributed by atoms with Gasteiger partial charge in [-0.15, -0.1) is 0 Å². The molecule has 1 atom stereocenters. The van der Waals surface area contributed by atoms with Crippen LogP contribution in [-0.2, 0) is 14.3 Å².